The third-order valence-corrected chi connectivity index (χ3v) is 7.01. The van der Waals surface area contributed by atoms with Crippen LogP contribution in [0.4, 0.5) is 0 Å². The fraction of sp³-hybridized carbons (Fsp3) is 0.789. The van der Waals surface area contributed by atoms with E-state index in [2.05, 4.69) is 6.58 Å². The standard InChI is InChI=1S/C19H29NO7S/c1-13(10-17(21)26-16-4-3-8-25-9-7-16)19(22)27-18-14-5-6-15(18)12-20(11-14)28(2,23)24/h14-16,18H,1,3-12H2,2H3. The molecular weight excluding hydrogens is 386 g/mol. The van der Waals surface area contributed by atoms with Crippen molar-refractivity contribution in [2.24, 2.45) is 11.8 Å². The summed E-state index contributed by atoms with van der Waals surface area (Å²) in [4.78, 5) is 24.5. The summed E-state index contributed by atoms with van der Waals surface area (Å²) in [6.07, 6.45) is 4.40. The molecule has 28 heavy (non-hydrogen) atoms. The molecule has 3 atom stereocenters. The van der Waals surface area contributed by atoms with Gasteiger partial charge in [0.1, 0.15) is 12.2 Å². The summed E-state index contributed by atoms with van der Waals surface area (Å²) in [7, 11) is -3.25. The van der Waals surface area contributed by atoms with E-state index >= 15 is 0 Å². The Morgan fingerprint density at radius 3 is 2.39 bits per heavy atom. The molecule has 2 aliphatic heterocycles. The highest BCUT2D eigenvalue weighted by Crippen LogP contribution is 2.40. The number of carbonyl (C=O) groups is 2. The second-order valence-corrected chi connectivity index (χ2v) is 9.97. The van der Waals surface area contributed by atoms with Crippen molar-refractivity contribution < 1.29 is 32.2 Å². The molecule has 2 bridgehead atoms. The van der Waals surface area contributed by atoms with Gasteiger partial charge in [-0.1, -0.05) is 6.58 Å². The van der Waals surface area contributed by atoms with Crippen LogP contribution in [-0.2, 0) is 33.8 Å². The van der Waals surface area contributed by atoms with Crippen molar-refractivity contribution in [1.29, 1.82) is 0 Å². The summed E-state index contributed by atoms with van der Waals surface area (Å²) >= 11 is 0. The van der Waals surface area contributed by atoms with Gasteiger partial charge >= 0.3 is 11.9 Å². The Bertz CT molecular complexity index is 698. The van der Waals surface area contributed by atoms with Crippen LogP contribution in [0.2, 0.25) is 0 Å². The number of nitrogens with zero attached hydrogens (tertiary/aromatic N) is 1. The Morgan fingerprint density at radius 2 is 1.75 bits per heavy atom. The molecule has 3 fully saturated rings. The molecule has 0 N–H and O–H groups in total. The van der Waals surface area contributed by atoms with Crippen LogP contribution in [0.15, 0.2) is 12.2 Å². The van der Waals surface area contributed by atoms with Crippen molar-refractivity contribution in [2.75, 3.05) is 32.6 Å². The minimum Gasteiger partial charge on any atom is -0.462 e. The first-order valence-corrected chi connectivity index (χ1v) is 11.7. The summed E-state index contributed by atoms with van der Waals surface area (Å²) in [5, 5.41) is 0. The number of ether oxygens (including phenoxy) is 3. The summed E-state index contributed by atoms with van der Waals surface area (Å²) in [5.41, 5.74) is 0.0693. The van der Waals surface area contributed by atoms with Crippen LogP contribution in [-0.4, -0.2) is 69.4 Å². The fourth-order valence-corrected chi connectivity index (χ4v) is 5.19. The molecular formula is C19H29NO7S. The molecule has 3 unspecified atom stereocenters. The number of rotatable bonds is 6. The first-order chi connectivity index (χ1) is 13.2. The number of carbonyl (C=O) groups excluding carboxylic acids is 2. The minimum atomic E-state index is -3.25. The van der Waals surface area contributed by atoms with E-state index in [0.29, 0.717) is 32.7 Å². The van der Waals surface area contributed by atoms with Gasteiger partial charge in [0.15, 0.2) is 0 Å². The van der Waals surface area contributed by atoms with Crippen LogP contribution in [0.5, 0.6) is 0 Å². The van der Waals surface area contributed by atoms with E-state index in [1.807, 2.05) is 0 Å². The normalized spacial score (nSPS) is 31.0. The van der Waals surface area contributed by atoms with E-state index in [1.165, 1.54) is 10.6 Å². The summed E-state index contributed by atoms with van der Waals surface area (Å²) in [6, 6.07) is 0. The molecule has 9 heteroatoms. The van der Waals surface area contributed by atoms with Crippen molar-refractivity contribution >= 4 is 22.0 Å². The Labute approximate surface area is 166 Å². The molecule has 0 aromatic rings. The SMILES string of the molecule is C=C(CC(=O)OC1CCCOCC1)C(=O)OC1C2CCC1CN(S(C)(=O)=O)C2. The number of fused-ring (bicyclic) bond motifs is 2. The minimum absolute atomic E-state index is 0.0110. The molecule has 1 saturated carbocycles. The van der Waals surface area contributed by atoms with E-state index in [0.717, 1.165) is 25.7 Å². The zero-order valence-corrected chi connectivity index (χ0v) is 17.1. The Kier molecular flexibility index (Phi) is 6.77. The topological polar surface area (TPSA) is 99.2 Å². The van der Waals surface area contributed by atoms with Gasteiger partial charge in [0.25, 0.3) is 0 Å². The second kappa shape index (κ2) is 8.92. The highest BCUT2D eigenvalue weighted by Gasteiger charge is 2.46. The van der Waals surface area contributed by atoms with Gasteiger partial charge in [-0.05, 0) is 25.7 Å². The number of hydrogen-bond donors (Lipinski definition) is 0. The lowest BCUT2D eigenvalue weighted by Gasteiger charge is -2.36. The van der Waals surface area contributed by atoms with Crippen molar-refractivity contribution in [2.45, 2.75) is 50.7 Å². The number of hydrogen-bond acceptors (Lipinski definition) is 7. The Hall–Kier alpha value is -1.45. The Morgan fingerprint density at radius 1 is 1.07 bits per heavy atom. The largest absolute Gasteiger partial charge is 0.462 e. The van der Waals surface area contributed by atoms with Crippen molar-refractivity contribution in [3.8, 4) is 0 Å². The summed E-state index contributed by atoms with van der Waals surface area (Å²) in [5.74, 6) is -1.11. The number of sulfonamides is 1. The third-order valence-electron chi connectivity index (χ3n) is 5.77. The lowest BCUT2D eigenvalue weighted by molar-refractivity contribution is -0.154. The highest BCUT2D eigenvalue weighted by atomic mass is 32.2. The van der Waals surface area contributed by atoms with E-state index in [1.54, 1.807) is 0 Å². The lowest BCUT2D eigenvalue weighted by Crippen LogP contribution is -2.48. The second-order valence-electron chi connectivity index (χ2n) is 7.98. The van der Waals surface area contributed by atoms with Gasteiger partial charge in [0.05, 0.1) is 19.3 Å². The van der Waals surface area contributed by atoms with Crippen molar-refractivity contribution in [1.82, 2.24) is 4.31 Å². The highest BCUT2D eigenvalue weighted by molar-refractivity contribution is 7.88. The van der Waals surface area contributed by atoms with Crippen LogP contribution in [0, 0.1) is 11.8 Å². The third kappa shape index (κ3) is 5.33. The van der Waals surface area contributed by atoms with Gasteiger partial charge in [-0.2, -0.15) is 0 Å². The molecule has 8 nitrogen and oxygen atoms in total. The predicted octanol–water partition coefficient (Wildman–Crippen LogP) is 1.26. The van der Waals surface area contributed by atoms with E-state index in [-0.39, 0.29) is 36.0 Å². The molecule has 3 rings (SSSR count). The number of piperidine rings is 1. The molecule has 3 aliphatic rings. The van der Waals surface area contributed by atoms with Crippen LogP contribution in [0.3, 0.4) is 0 Å². The molecule has 0 aromatic carbocycles. The van der Waals surface area contributed by atoms with Crippen LogP contribution >= 0.6 is 0 Å². The first-order valence-electron chi connectivity index (χ1n) is 9.85. The maximum absolute atomic E-state index is 12.4. The smallest absolute Gasteiger partial charge is 0.334 e. The molecule has 0 spiro atoms. The summed E-state index contributed by atoms with van der Waals surface area (Å²) in [6.45, 7) is 5.66. The average Bonchev–Trinajstić information content (AvgIpc) is 2.83. The number of esters is 2. The maximum atomic E-state index is 12.4. The zero-order chi connectivity index (χ0) is 20.3. The fourth-order valence-electron chi connectivity index (χ4n) is 4.27. The Balaban J connectivity index is 1.48. The van der Waals surface area contributed by atoms with Crippen molar-refractivity contribution in [3.63, 3.8) is 0 Å². The van der Waals surface area contributed by atoms with Crippen LogP contribution in [0.1, 0.15) is 38.5 Å². The molecule has 0 aromatic heterocycles. The van der Waals surface area contributed by atoms with E-state index in [4.69, 9.17) is 14.2 Å². The monoisotopic (exact) mass is 415 g/mol. The van der Waals surface area contributed by atoms with Crippen LogP contribution in [0.25, 0.3) is 0 Å². The molecule has 0 radical (unpaired) electrons. The molecule has 158 valence electrons. The van der Waals surface area contributed by atoms with Gasteiger partial charge < -0.3 is 14.2 Å². The molecule has 2 saturated heterocycles. The zero-order valence-electron chi connectivity index (χ0n) is 16.3. The van der Waals surface area contributed by atoms with Gasteiger partial charge in [0, 0.05) is 43.5 Å². The quantitative estimate of drug-likeness (QED) is 0.476. The predicted molar refractivity (Wildman–Crippen MR) is 101 cm³/mol. The molecule has 2 heterocycles. The van der Waals surface area contributed by atoms with Gasteiger partial charge in [-0.15, -0.1) is 0 Å². The van der Waals surface area contributed by atoms with Crippen molar-refractivity contribution in [3.05, 3.63) is 12.2 Å². The molecule has 0 amide bonds. The van der Waals surface area contributed by atoms with Gasteiger partial charge in [0.2, 0.25) is 10.0 Å². The first kappa shape index (κ1) is 21.3. The van der Waals surface area contributed by atoms with E-state index in [9.17, 15) is 18.0 Å². The summed E-state index contributed by atoms with van der Waals surface area (Å²) < 4.78 is 41.4. The lowest BCUT2D eigenvalue weighted by atomic mass is 9.96. The van der Waals surface area contributed by atoms with Gasteiger partial charge in [-0.25, -0.2) is 17.5 Å². The molecule has 1 aliphatic carbocycles. The van der Waals surface area contributed by atoms with Gasteiger partial charge in [-0.3, -0.25) is 4.79 Å². The van der Waals surface area contributed by atoms with E-state index < -0.39 is 22.0 Å². The maximum Gasteiger partial charge on any atom is 0.334 e. The van der Waals surface area contributed by atoms with Crippen LogP contribution < -0.4 is 0 Å². The average molecular weight is 416 g/mol.